The number of carbonyl (C=O) groups excluding carboxylic acids is 5. The molecule has 1 saturated heterocycles. The zero-order valence-corrected chi connectivity index (χ0v) is 31.6. The van der Waals surface area contributed by atoms with Crippen LogP contribution in [0.3, 0.4) is 0 Å². The van der Waals surface area contributed by atoms with Crippen molar-refractivity contribution in [1.29, 1.82) is 0 Å². The van der Waals surface area contributed by atoms with E-state index in [1.807, 2.05) is 60.8 Å². The Morgan fingerprint density at radius 2 is 1.59 bits per heavy atom. The molecule has 5 rings (SSSR count). The maximum absolute atomic E-state index is 14.3. The van der Waals surface area contributed by atoms with Gasteiger partial charge in [-0.2, -0.15) is 0 Å². The van der Waals surface area contributed by atoms with Crippen LogP contribution in [0, 0.1) is 0 Å². The van der Waals surface area contributed by atoms with Crippen molar-refractivity contribution >= 4 is 45.9 Å². The molecule has 1 fully saturated rings. The summed E-state index contributed by atoms with van der Waals surface area (Å²) in [6, 6.07) is 11.6. The zero-order chi connectivity index (χ0) is 40.0. The van der Waals surface area contributed by atoms with E-state index in [0.29, 0.717) is 18.5 Å². The van der Waals surface area contributed by atoms with Crippen LogP contribution in [0.1, 0.15) is 62.3 Å². The molecule has 4 aromatic rings. The number of hydrazine groups is 1. The number of benzene rings is 2. The minimum atomic E-state index is -1.07. The molecule has 0 radical (unpaired) electrons. The fraction of sp³-hybridized carbons (Fsp3) is 0.425. The van der Waals surface area contributed by atoms with Gasteiger partial charge in [0.05, 0.1) is 36.9 Å². The lowest BCUT2D eigenvalue weighted by Gasteiger charge is -2.27. The van der Waals surface area contributed by atoms with E-state index in [9.17, 15) is 24.0 Å². The lowest BCUT2D eigenvalue weighted by atomic mass is 9.92. The summed E-state index contributed by atoms with van der Waals surface area (Å²) in [5.41, 5.74) is 27.1. The van der Waals surface area contributed by atoms with Gasteiger partial charge < -0.3 is 37.8 Å². The van der Waals surface area contributed by atoms with E-state index in [2.05, 4.69) is 41.4 Å². The third-order valence-electron chi connectivity index (χ3n) is 10.0. The summed E-state index contributed by atoms with van der Waals surface area (Å²) < 4.78 is 0. The summed E-state index contributed by atoms with van der Waals surface area (Å²) >= 11 is 0. The molecule has 1 amide bonds. The molecule has 16 nitrogen and oxygen atoms in total. The number of aliphatic imine (C=N–C) groups is 1. The van der Waals surface area contributed by atoms with Gasteiger partial charge in [0.1, 0.15) is 11.8 Å². The van der Waals surface area contributed by atoms with Crippen molar-refractivity contribution in [2.75, 3.05) is 6.54 Å². The van der Waals surface area contributed by atoms with E-state index in [1.165, 1.54) is 13.3 Å². The summed E-state index contributed by atoms with van der Waals surface area (Å²) in [5.74, 6) is -1.92. The normalized spacial score (nSPS) is 23.4. The van der Waals surface area contributed by atoms with Crippen molar-refractivity contribution in [1.82, 2.24) is 36.4 Å². The second-order valence-electron chi connectivity index (χ2n) is 14.5. The maximum Gasteiger partial charge on any atom is 0.239 e. The number of rotatable bonds is 12. The molecule has 16 heteroatoms. The first-order chi connectivity index (χ1) is 27.0. The predicted molar refractivity (Wildman–Crippen MR) is 213 cm³/mol. The molecule has 3 heterocycles. The number of Topliss-reactive ketones (excluding diaryl/α,β-unsaturated/α-hetero) is 4. The fourth-order valence-electron chi connectivity index (χ4n) is 7.04. The number of aromatic amines is 2. The lowest BCUT2D eigenvalue weighted by molar-refractivity contribution is -0.133. The van der Waals surface area contributed by atoms with Crippen molar-refractivity contribution in [2.45, 2.75) is 101 Å². The molecule has 2 aromatic heterocycles. The van der Waals surface area contributed by atoms with Crippen LogP contribution in [0.15, 0.2) is 78.3 Å². The molecular formula is C40H53N11O5. The van der Waals surface area contributed by atoms with Crippen molar-refractivity contribution in [3.05, 3.63) is 90.1 Å². The molecule has 0 bridgehead atoms. The Labute approximate surface area is 325 Å². The lowest BCUT2D eigenvalue weighted by Crippen LogP contribution is -2.59. The van der Waals surface area contributed by atoms with E-state index in [4.69, 9.17) is 17.2 Å². The number of guanidine groups is 1. The average Bonchev–Trinajstić information content (AvgIpc) is 3.85. The average molecular weight is 768 g/mol. The highest BCUT2D eigenvalue weighted by Gasteiger charge is 2.33. The molecule has 2 aromatic carbocycles. The smallest absolute Gasteiger partial charge is 0.239 e. The third kappa shape index (κ3) is 12.2. The monoisotopic (exact) mass is 767 g/mol. The summed E-state index contributed by atoms with van der Waals surface area (Å²) in [4.78, 5) is 83.5. The van der Waals surface area contributed by atoms with Gasteiger partial charge in [0.2, 0.25) is 5.91 Å². The largest absolute Gasteiger partial charge is 0.370 e. The molecule has 0 saturated carbocycles. The molecule has 1 aliphatic rings. The number of nitrogens with one attached hydrogen (secondary N) is 6. The SMILES string of the molecule is CC(=O)CC1CCC(N)C(=O)C(Cc2c[nH]c3ccccc23)NNC(CCCN=C(N)N)C(=O)NC(Cc2ccccc2)C(=O)CC(=O)C(Cc2cnc[nH]2)N1. The van der Waals surface area contributed by atoms with Crippen LogP contribution in [0.2, 0.25) is 0 Å². The highest BCUT2D eigenvalue weighted by molar-refractivity contribution is 6.05. The molecule has 56 heavy (non-hydrogen) atoms. The number of amides is 1. The number of carbonyl (C=O) groups is 5. The Hall–Kier alpha value is -5.55. The van der Waals surface area contributed by atoms with Crippen LogP contribution in [0.25, 0.3) is 10.9 Å². The fourth-order valence-corrected chi connectivity index (χ4v) is 7.04. The number of H-pyrrole nitrogens is 2. The Kier molecular flexibility index (Phi) is 15.2. The van der Waals surface area contributed by atoms with Crippen LogP contribution in [-0.4, -0.2) is 92.7 Å². The Balaban J connectivity index is 1.51. The third-order valence-corrected chi connectivity index (χ3v) is 10.0. The van der Waals surface area contributed by atoms with Gasteiger partial charge in [0.25, 0.3) is 0 Å². The van der Waals surface area contributed by atoms with Gasteiger partial charge in [0, 0.05) is 54.4 Å². The second-order valence-corrected chi connectivity index (χ2v) is 14.5. The topological polar surface area (TPSA) is 268 Å². The van der Waals surface area contributed by atoms with Crippen molar-refractivity contribution in [3.8, 4) is 0 Å². The molecule has 1 aliphatic heterocycles. The molecular weight excluding hydrogens is 715 g/mol. The Bertz CT molecular complexity index is 1960. The van der Waals surface area contributed by atoms with Crippen LogP contribution in [0.4, 0.5) is 0 Å². The quantitative estimate of drug-likeness (QED) is 0.0420. The minimum absolute atomic E-state index is 0.0778. The highest BCUT2D eigenvalue weighted by atomic mass is 16.2. The minimum Gasteiger partial charge on any atom is -0.370 e. The molecule has 298 valence electrons. The zero-order valence-electron chi connectivity index (χ0n) is 31.6. The molecule has 6 atom stereocenters. The van der Waals surface area contributed by atoms with Crippen LogP contribution in [-0.2, 0) is 43.2 Å². The number of fused-ring (bicyclic) bond motifs is 1. The van der Waals surface area contributed by atoms with Gasteiger partial charge in [-0.05, 0) is 62.6 Å². The van der Waals surface area contributed by atoms with Gasteiger partial charge in [-0.15, -0.1) is 0 Å². The number of hydrogen-bond donors (Lipinski definition) is 9. The number of ketones is 4. The van der Waals surface area contributed by atoms with Crippen LogP contribution in [0.5, 0.6) is 0 Å². The number of aromatic nitrogens is 3. The van der Waals surface area contributed by atoms with E-state index in [-0.39, 0.29) is 62.6 Å². The van der Waals surface area contributed by atoms with Gasteiger partial charge in [-0.3, -0.25) is 29.0 Å². The summed E-state index contributed by atoms with van der Waals surface area (Å²) in [6.45, 7) is 1.70. The van der Waals surface area contributed by atoms with E-state index in [0.717, 1.165) is 22.0 Å². The highest BCUT2D eigenvalue weighted by Crippen LogP contribution is 2.21. The molecule has 6 unspecified atom stereocenters. The number of para-hydroxylation sites is 1. The van der Waals surface area contributed by atoms with Crippen molar-refractivity contribution in [3.63, 3.8) is 0 Å². The van der Waals surface area contributed by atoms with E-state index >= 15 is 0 Å². The van der Waals surface area contributed by atoms with Gasteiger partial charge in [-0.25, -0.2) is 15.8 Å². The number of hydrogen-bond acceptors (Lipinski definition) is 11. The first-order valence-electron chi connectivity index (χ1n) is 19.0. The van der Waals surface area contributed by atoms with Gasteiger partial charge in [-0.1, -0.05) is 48.5 Å². The molecule has 12 N–H and O–H groups in total. The van der Waals surface area contributed by atoms with Crippen LogP contribution >= 0.6 is 0 Å². The number of nitrogens with two attached hydrogens (primary N) is 3. The van der Waals surface area contributed by atoms with Crippen LogP contribution < -0.4 is 38.7 Å². The maximum atomic E-state index is 14.3. The standard InChI is InChI=1S/C40H53N11O5/c1-24(52)16-27-13-14-30(41)38(55)35(18-26-21-46-31-11-6-5-10-29(26)31)51-50-32(12-7-15-45-40(42)43)39(56)49-33(17-25-8-3-2-4-9-25)36(53)20-37(54)34(48-27)19-28-22-44-23-47-28/h2-6,8-11,21-23,27,30,32-35,46,48,50-51H,7,12-20,41H2,1H3,(H,44,47)(H,49,56)(H4,42,43,45). The first kappa shape index (κ1) is 41.6. The molecule has 0 aliphatic carbocycles. The number of imidazole rings is 1. The predicted octanol–water partition coefficient (Wildman–Crippen LogP) is 0.813. The Morgan fingerprint density at radius 3 is 2.32 bits per heavy atom. The number of nitrogens with zero attached hydrogens (tertiary/aromatic N) is 2. The summed E-state index contributed by atoms with van der Waals surface area (Å²) in [5, 5.41) is 7.17. The second kappa shape index (κ2) is 20.4. The van der Waals surface area contributed by atoms with Gasteiger partial charge in [0.15, 0.2) is 23.3 Å². The Morgan fingerprint density at radius 1 is 0.857 bits per heavy atom. The summed E-state index contributed by atoms with van der Waals surface area (Å²) in [6.07, 6.45) is 6.16. The van der Waals surface area contributed by atoms with E-state index < -0.39 is 60.1 Å². The van der Waals surface area contributed by atoms with E-state index in [1.54, 1.807) is 6.20 Å². The van der Waals surface area contributed by atoms with Gasteiger partial charge >= 0.3 is 0 Å². The van der Waals surface area contributed by atoms with Crippen molar-refractivity contribution < 1.29 is 24.0 Å². The molecule has 0 spiro atoms. The van der Waals surface area contributed by atoms with Crippen molar-refractivity contribution in [2.24, 2.45) is 22.2 Å². The first-order valence-corrected chi connectivity index (χ1v) is 19.0. The summed E-state index contributed by atoms with van der Waals surface area (Å²) in [7, 11) is 0.